The van der Waals surface area contributed by atoms with Crippen LogP contribution < -0.4 is 4.74 Å². The molecule has 1 fully saturated rings. The van der Waals surface area contributed by atoms with Gasteiger partial charge in [0.1, 0.15) is 5.75 Å². The van der Waals surface area contributed by atoms with Crippen LogP contribution in [0.1, 0.15) is 34.9 Å². The Bertz CT molecular complexity index is 640. The van der Waals surface area contributed by atoms with Crippen molar-refractivity contribution in [1.29, 1.82) is 0 Å². The van der Waals surface area contributed by atoms with Crippen molar-refractivity contribution in [1.82, 2.24) is 9.88 Å². The van der Waals surface area contributed by atoms with E-state index in [0.717, 1.165) is 29.6 Å². The van der Waals surface area contributed by atoms with E-state index in [1.54, 1.807) is 7.11 Å². The van der Waals surface area contributed by atoms with Crippen LogP contribution in [0, 0.1) is 0 Å². The lowest BCUT2D eigenvalue weighted by Crippen LogP contribution is -2.31. The molecule has 0 saturated carbocycles. The van der Waals surface area contributed by atoms with Gasteiger partial charge in [0.25, 0.3) is 5.91 Å². The molecule has 1 saturated heterocycles. The fourth-order valence-electron chi connectivity index (χ4n) is 2.88. The highest BCUT2D eigenvalue weighted by molar-refractivity contribution is 9.10. The van der Waals surface area contributed by atoms with E-state index in [-0.39, 0.29) is 11.9 Å². The van der Waals surface area contributed by atoms with Crippen molar-refractivity contribution in [3.8, 4) is 5.75 Å². The first-order chi connectivity index (χ1) is 10.2. The number of methoxy groups -OCH3 is 1. The minimum Gasteiger partial charge on any atom is -0.496 e. The quantitative estimate of drug-likeness (QED) is 0.917. The molecule has 5 heteroatoms. The summed E-state index contributed by atoms with van der Waals surface area (Å²) in [4.78, 5) is 18.0. The number of rotatable bonds is 3. The van der Waals surface area contributed by atoms with Gasteiger partial charge in [-0.05, 0) is 43.2 Å². The van der Waals surface area contributed by atoms with Gasteiger partial charge >= 0.3 is 0 Å². The van der Waals surface area contributed by atoms with Gasteiger partial charge in [0.15, 0.2) is 0 Å². The first kappa shape index (κ1) is 14.2. The minimum absolute atomic E-state index is 0.0245. The van der Waals surface area contributed by atoms with Gasteiger partial charge in [0, 0.05) is 22.9 Å². The highest BCUT2D eigenvalue weighted by Gasteiger charge is 2.32. The summed E-state index contributed by atoms with van der Waals surface area (Å²) in [5, 5.41) is 0. The van der Waals surface area contributed by atoms with Gasteiger partial charge in [-0.25, -0.2) is 0 Å². The molecule has 1 aromatic heterocycles. The van der Waals surface area contributed by atoms with Crippen molar-refractivity contribution in [2.75, 3.05) is 13.7 Å². The molecule has 1 amide bonds. The summed E-state index contributed by atoms with van der Waals surface area (Å²) in [7, 11) is 1.59. The van der Waals surface area contributed by atoms with E-state index >= 15 is 0 Å². The van der Waals surface area contributed by atoms with Crippen LogP contribution in [0.4, 0.5) is 0 Å². The van der Waals surface area contributed by atoms with E-state index < -0.39 is 0 Å². The second-order valence-electron chi connectivity index (χ2n) is 5.13. The molecule has 0 spiro atoms. The third kappa shape index (κ3) is 2.70. The SMILES string of the molecule is COc1cc(Br)ccc1C(=O)N1CCCC1c1ccc[nH]1. The third-order valence-electron chi connectivity index (χ3n) is 3.89. The summed E-state index contributed by atoms with van der Waals surface area (Å²) in [6.07, 6.45) is 3.91. The summed E-state index contributed by atoms with van der Waals surface area (Å²) < 4.78 is 6.25. The van der Waals surface area contributed by atoms with Gasteiger partial charge in [-0.15, -0.1) is 0 Å². The van der Waals surface area contributed by atoms with Gasteiger partial charge in [0.05, 0.1) is 18.7 Å². The summed E-state index contributed by atoms with van der Waals surface area (Å²) in [6, 6.07) is 9.64. The summed E-state index contributed by atoms with van der Waals surface area (Å²) >= 11 is 3.40. The maximum Gasteiger partial charge on any atom is 0.258 e. The van der Waals surface area contributed by atoms with Crippen molar-refractivity contribution in [3.05, 3.63) is 52.3 Å². The molecule has 0 bridgehead atoms. The molecule has 2 aromatic rings. The number of nitrogens with one attached hydrogen (secondary N) is 1. The van der Waals surface area contributed by atoms with Crippen molar-refractivity contribution >= 4 is 21.8 Å². The monoisotopic (exact) mass is 348 g/mol. The Morgan fingerprint density at radius 3 is 3.00 bits per heavy atom. The van der Waals surface area contributed by atoms with E-state index in [0.29, 0.717) is 11.3 Å². The minimum atomic E-state index is 0.0245. The molecular formula is C16H17BrN2O2. The Labute approximate surface area is 132 Å². The lowest BCUT2D eigenvalue weighted by Gasteiger charge is -2.25. The molecule has 2 heterocycles. The fourth-order valence-corrected chi connectivity index (χ4v) is 3.22. The number of hydrogen-bond donors (Lipinski definition) is 1. The number of H-pyrrole nitrogens is 1. The van der Waals surface area contributed by atoms with Crippen LogP contribution >= 0.6 is 15.9 Å². The number of likely N-dealkylation sites (tertiary alicyclic amines) is 1. The Hall–Kier alpha value is -1.75. The molecule has 1 aliphatic heterocycles. The molecule has 3 rings (SSSR count). The maximum atomic E-state index is 12.9. The van der Waals surface area contributed by atoms with E-state index in [9.17, 15) is 4.79 Å². The standard InChI is InChI=1S/C16H17BrN2O2/c1-21-15-10-11(17)6-7-12(15)16(20)19-9-3-5-14(19)13-4-2-8-18-13/h2,4,6-8,10,14,18H,3,5,9H2,1H3. The van der Waals surface area contributed by atoms with Crippen LogP contribution in [0.2, 0.25) is 0 Å². The van der Waals surface area contributed by atoms with E-state index in [4.69, 9.17) is 4.74 Å². The molecule has 21 heavy (non-hydrogen) atoms. The second-order valence-corrected chi connectivity index (χ2v) is 6.04. The zero-order valence-electron chi connectivity index (χ0n) is 11.8. The number of carbonyl (C=O) groups is 1. The number of amides is 1. The zero-order chi connectivity index (χ0) is 14.8. The molecule has 1 N–H and O–H groups in total. The largest absolute Gasteiger partial charge is 0.496 e. The van der Waals surface area contributed by atoms with Crippen LogP contribution in [0.5, 0.6) is 5.75 Å². The second kappa shape index (κ2) is 5.93. The fraction of sp³-hybridized carbons (Fsp3) is 0.312. The predicted octanol–water partition coefficient (Wildman–Crippen LogP) is 3.76. The van der Waals surface area contributed by atoms with E-state index in [1.165, 1.54) is 0 Å². The van der Waals surface area contributed by atoms with Crippen molar-refractivity contribution < 1.29 is 9.53 Å². The van der Waals surface area contributed by atoms with Gasteiger partial charge in [-0.3, -0.25) is 4.79 Å². The smallest absolute Gasteiger partial charge is 0.258 e. The number of carbonyl (C=O) groups excluding carboxylic acids is 1. The Kier molecular flexibility index (Phi) is 4.01. The number of nitrogens with zero attached hydrogens (tertiary/aromatic N) is 1. The van der Waals surface area contributed by atoms with Crippen LogP contribution in [-0.2, 0) is 0 Å². The van der Waals surface area contributed by atoms with Crippen molar-refractivity contribution in [2.45, 2.75) is 18.9 Å². The highest BCUT2D eigenvalue weighted by Crippen LogP contribution is 2.34. The average molecular weight is 349 g/mol. The Balaban J connectivity index is 1.91. The number of halogens is 1. The Morgan fingerprint density at radius 2 is 2.29 bits per heavy atom. The van der Waals surface area contributed by atoms with Crippen LogP contribution in [0.3, 0.4) is 0 Å². The van der Waals surface area contributed by atoms with Gasteiger partial charge in [0.2, 0.25) is 0 Å². The molecule has 4 nitrogen and oxygen atoms in total. The molecule has 1 atom stereocenters. The maximum absolute atomic E-state index is 12.9. The van der Waals surface area contributed by atoms with Gasteiger partial charge in [-0.1, -0.05) is 15.9 Å². The van der Waals surface area contributed by atoms with Crippen LogP contribution in [0.25, 0.3) is 0 Å². The molecule has 1 unspecified atom stereocenters. The number of ether oxygens (including phenoxy) is 1. The molecule has 1 aromatic carbocycles. The first-order valence-corrected chi connectivity index (χ1v) is 7.78. The Morgan fingerprint density at radius 1 is 1.43 bits per heavy atom. The summed E-state index contributed by atoms with van der Waals surface area (Å²) in [6.45, 7) is 0.780. The first-order valence-electron chi connectivity index (χ1n) is 6.98. The van der Waals surface area contributed by atoms with E-state index in [1.807, 2.05) is 41.4 Å². The molecule has 1 aliphatic rings. The molecule has 110 valence electrons. The van der Waals surface area contributed by atoms with Crippen LogP contribution in [0.15, 0.2) is 41.0 Å². The summed E-state index contributed by atoms with van der Waals surface area (Å²) in [5.41, 5.74) is 1.70. The zero-order valence-corrected chi connectivity index (χ0v) is 13.4. The van der Waals surface area contributed by atoms with Crippen LogP contribution in [-0.4, -0.2) is 29.4 Å². The lowest BCUT2D eigenvalue weighted by molar-refractivity contribution is 0.0730. The highest BCUT2D eigenvalue weighted by atomic mass is 79.9. The van der Waals surface area contributed by atoms with Gasteiger partial charge in [-0.2, -0.15) is 0 Å². The van der Waals surface area contributed by atoms with Crippen molar-refractivity contribution in [2.24, 2.45) is 0 Å². The van der Waals surface area contributed by atoms with E-state index in [2.05, 4.69) is 20.9 Å². The molecule has 0 radical (unpaired) electrons. The number of aromatic nitrogens is 1. The molecule has 0 aliphatic carbocycles. The normalized spacial score (nSPS) is 18.0. The number of aromatic amines is 1. The molecular weight excluding hydrogens is 332 g/mol. The lowest BCUT2D eigenvalue weighted by atomic mass is 10.1. The van der Waals surface area contributed by atoms with Crippen molar-refractivity contribution in [3.63, 3.8) is 0 Å². The average Bonchev–Trinajstić information content (AvgIpc) is 3.16. The third-order valence-corrected chi connectivity index (χ3v) is 4.38. The predicted molar refractivity (Wildman–Crippen MR) is 84.5 cm³/mol. The van der Waals surface area contributed by atoms with Gasteiger partial charge < -0.3 is 14.6 Å². The summed E-state index contributed by atoms with van der Waals surface area (Å²) in [5.74, 6) is 0.628. The number of benzene rings is 1. The topological polar surface area (TPSA) is 45.3 Å². The number of hydrogen-bond acceptors (Lipinski definition) is 2.